The van der Waals surface area contributed by atoms with Crippen LogP contribution in [0.3, 0.4) is 0 Å². The molecule has 3 heteroatoms. The lowest BCUT2D eigenvalue weighted by Crippen LogP contribution is -2.34. The van der Waals surface area contributed by atoms with Crippen LogP contribution in [0.15, 0.2) is 24.3 Å². The summed E-state index contributed by atoms with van der Waals surface area (Å²) in [6.07, 6.45) is 2.61. The van der Waals surface area contributed by atoms with Gasteiger partial charge in [0.25, 0.3) is 0 Å². The first-order valence-corrected chi connectivity index (χ1v) is 6.35. The molecule has 1 aliphatic rings. The maximum atomic E-state index is 5.96. The molecule has 1 saturated heterocycles. The van der Waals surface area contributed by atoms with E-state index in [0.29, 0.717) is 6.10 Å². The number of benzene rings is 1. The molecule has 0 bridgehead atoms. The van der Waals surface area contributed by atoms with E-state index in [2.05, 4.69) is 48.6 Å². The van der Waals surface area contributed by atoms with Crippen molar-refractivity contribution in [3.8, 4) is 5.75 Å². The summed E-state index contributed by atoms with van der Waals surface area (Å²) in [5.41, 5.74) is 1.33. The highest BCUT2D eigenvalue weighted by molar-refractivity contribution is 5.27. The van der Waals surface area contributed by atoms with Crippen LogP contribution in [-0.4, -0.2) is 38.2 Å². The lowest BCUT2D eigenvalue weighted by atomic mass is 10.1. The molecule has 0 aliphatic carbocycles. The zero-order chi connectivity index (χ0) is 12.1. The molecule has 0 amide bonds. The van der Waals surface area contributed by atoms with Crippen LogP contribution in [0.25, 0.3) is 0 Å². The molecule has 0 aromatic heterocycles. The fourth-order valence-electron chi connectivity index (χ4n) is 2.14. The summed E-state index contributed by atoms with van der Waals surface area (Å²) in [5, 5.41) is 3.35. The maximum absolute atomic E-state index is 5.96. The van der Waals surface area contributed by atoms with Crippen molar-refractivity contribution in [3.63, 3.8) is 0 Å². The van der Waals surface area contributed by atoms with Crippen molar-refractivity contribution in [2.75, 3.05) is 27.2 Å². The molecule has 1 fully saturated rings. The topological polar surface area (TPSA) is 24.5 Å². The molecule has 0 unspecified atom stereocenters. The molecule has 0 atom stereocenters. The third-order valence-electron chi connectivity index (χ3n) is 3.01. The molecule has 1 aromatic carbocycles. The minimum atomic E-state index is 0.385. The van der Waals surface area contributed by atoms with Crippen LogP contribution >= 0.6 is 0 Å². The number of piperidine rings is 1. The Bertz CT molecular complexity index is 329. The summed E-state index contributed by atoms with van der Waals surface area (Å²) in [6.45, 7) is 3.13. The van der Waals surface area contributed by atoms with Gasteiger partial charge in [-0.3, -0.25) is 0 Å². The number of hydrogen-bond donors (Lipinski definition) is 1. The van der Waals surface area contributed by atoms with Crippen molar-refractivity contribution in [2.45, 2.75) is 25.5 Å². The summed E-state index contributed by atoms with van der Waals surface area (Å²) < 4.78 is 5.96. The van der Waals surface area contributed by atoms with Crippen LogP contribution in [-0.2, 0) is 6.54 Å². The smallest absolute Gasteiger partial charge is 0.119 e. The predicted octanol–water partition coefficient (Wildman–Crippen LogP) is 1.88. The van der Waals surface area contributed by atoms with Gasteiger partial charge in [-0.1, -0.05) is 12.1 Å². The van der Waals surface area contributed by atoms with Crippen molar-refractivity contribution in [1.82, 2.24) is 10.2 Å². The van der Waals surface area contributed by atoms with Crippen molar-refractivity contribution < 1.29 is 4.74 Å². The molecule has 0 saturated carbocycles. The van der Waals surface area contributed by atoms with E-state index in [-0.39, 0.29) is 0 Å². The molecule has 94 valence electrons. The Morgan fingerprint density at radius 3 is 2.41 bits per heavy atom. The molecule has 1 heterocycles. The molecule has 0 radical (unpaired) electrons. The van der Waals surface area contributed by atoms with Gasteiger partial charge in [0.05, 0.1) is 0 Å². The first-order chi connectivity index (χ1) is 8.24. The van der Waals surface area contributed by atoms with E-state index in [9.17, 15) is 0 Å². The molecule has 0 spiro atoms. The predicted molar refractivity (Wildman–Crippen MR) is 70.4 cm³/mol. The zero-order valence-corrected chi connectivity index (χ0v) is 10.8. The van der Waals surface area contributed by atoms with Gasteiger partial charge in [0.2, 0.25) is 0 Å². The summed E-state index contributed by atoms with van der Waals surface area (Å²) in [5.74, 6) is 0.999. The second-order valence-corrected chi connectivity index (χ2v) is 4.95. The van der Waals surface area contributed by atoms with E-state index >= 15 is 0 Å². The van der Waals surface area contributed by atoms with Crippen molar-refractivity contribution in [3.05, 3.63) is 29.8 Å². The van der Waals surface area contributed by atoms with Crippen LogP contribution in [0.2, 0.25) is 0 Å². The first kappa shape index (κ1) is 12.4. The minimum absolute atomic E-state index is 0.385. The third kappa shape index (κ3) is 4.02. The van der Waals surface area contributed by atoms with E-state index in [4.69, 9.17) is 4.74 Å². The van der Waals surface area contributed by atoms with Crippen molar-refractivity contribution in [2.24, 2.45) is 0 Å². The highest BCUT2D eigenvalue weighted by atomic mass is 16.5. The largest absolute Gasteiger partial charge is 0.490 e. The Kier molecular flexibility index (Phi) is 4.40. The molecule has 17 heavy (non-hydrogen) atoms. The van der Waals surface area contributed by atoms with Gasteiger partial charge in [-0.05, 0) is 57.7 Å². The van der Waals surface area contributed by atoms with Gasteiger partial charge in [0.15, 0.2) is 0 Å². The van der Waals surface area contributed by atoms with Gasteiger partial charge in [0.1, 0.15) is 11.9 Å². The van der Waals surface area contributed by atoms with Crippen LogP contribution in [0, 0.1) is 0 Å². The summed E-state index contributed by atoms with van der Waals surface area (Å²) in [7, 11) is 4.17. The highest BCUT2D eigenvalue weighted by Crippen LogP contribution is 2.17. The molecule has 2 rings (SSSR count). The number of nitrogens with zero attached hydrogens (tertiary/aromatic N) is 1. The number of nitrogens with one attached hydrogen (secondary N) is 1. The molecule has 3 nitrogen and oxygen atoms in total. The monoisotopic (exact) mass is 234 g/mol. The van der Waals surface area contributed by atoms with E-state index in [1.807, 2.05) is 0 Å². The van der Waals surface area contributed by atoms with Gasteiger partial charge >= 0.3 is 0 Å². The normalized spacial score (nSPS) is 17.4. The SMILES string of the molecule is CN(C)Cc1ccc(OC2CCNCC2)cc1. The van der Waals surface area contributed by atoms with Gasteiger partial charge in [-0.2, -0.15) is 0 Å². The van der Waals surface area contributed by atoms with Gasteiger partial charge in [-0.25, -0.2) is 0 Å². The van der Waals surface area contributed by atoms with E-state index in [0.717, 1.165) is 38.2 Å². The second-order valence-electron chi connectivity index (χ2n) is 4.95. The minimum Gasteiger partial charge on any atom is -0.490 e. The first-order valence-electron chi connectivity index (χ1n) is 6.35. The number of ether oxygens (including phenoxy) is 1. The Hall–Kier alpha value is -1.06. The van der Waals surface area contributed by atoms with Crippen molar-refractivity contribution >= 4 is 0 Å². The Labute approximate surface area is 104 Å². The second kappa shape index (κ2) is 6.03. The molecule has 1 N–H and O–H groups in total. The molecule has 1 aliphatic heterocycles. The third-order valence-corrected chi connectivity index (χ3v) is 3.01. The Balaban J connectivity index is 1.88. The highest BCUT2D eigenvalue weighted by Gasteiger charge is 2.14. The van der Waals surface area contributed by atoms with Gasteiger partial charge in [0, 0.05) is 6.54 Å². The number of hydrogen-bond acceptors (Lipinski definition) is 3. The van der Waals surface area contributed by atoms with Gasteiger partial charge in [-0.15, -0.1) is 0 Å². The van der Waals surface area contributed by atoms with Crippen LogP contribution in [0.4, 0.5) is 0 Å². The maximum Gasteiger partial charge on any atom is 0.119 e. The van der Waals surface area contributed by atoms with E-state index in [1.54, 1.807) is 0 Å². The van der Waals surface area contributed by atoms with E-state index < -0.39 is 0 Å². The van der Waals surface area contributed by atoms with Crippen molar-refractivity contribution in [1.29, 1.82) is 0 Å². The van der Waals surface area contributed by atoms with Crippen LogP contribution in [0.1, 0.15) is 18.4 Å². The average Bonchev–Trinajstić information content (AvgIpc) is 2.32. The summed E-state index contributed by atoms with van der Waals surface area (Å²) >= 11 is 0. The van der Waals surface area contributed by atoms with Gasteiger partial charge < -0.3 is 15.0 Å². The van der Waals surface area contributed by atoms with E-state index in [1.165, 1.54) is 5.56 Å². The number of rotatable bonds is 4. The fourth-order valence-corrected chi connectivity index (χ4v) is 2.14. The molecule has 1 aromatic rings. The molecular weight excluding hydrogens is 212 g/mol. The van der Waals surface area contributed by atoms with Crippen LogP contribution < -0.4 is 10.1 Å². The lowest BCUT2D eigenvalue weighted by Gasteiger charge is -2.24. The Morgan fingerprint density at radius 2 is 1.82 bits per heavy atom. The Morgan fingerprint density at radius 1 is 1.18 bits per heavy atom. The fraction of sp³-hybridized carbons (Fsp3) is 0.571. The quantitative estimate of drug-likeness (QED) is 0.861. The van der Waals surface area contributed by atoms with Crippen LogP contribution in [0.5, 0.6) is 5.75 Å². The average molecular weight is 234 g/mol. The summed E-state index contributed by atoms with van der Waals surface area (Å²) in [4.78, 5) is 2.17. The molecular formula is C14H22N2O. The summed E-state index contributed by atoms with van der Waals surface area (Å²) in [6, 6.07) is 8.47. The standard InChI is InChI=1S/C14H22N2O/c1-16(2)11-12-3-5-13(6-4-12)17-14-7-9-15-10-8-14/h3-6,14-15H,7-11H2,1-2H3. The lowest BCUT2D eigenvalue weighted by molar-refractivity contribution is 0.162. The zero-order valence-electron chi connectivity index (χ0n) is 10.8.